The summed E-state index contributed by atoms with van der Waals surface area (Å²) < 4.78 is 60.0. The largest absolute Gasteiger partial charge is 0.496 e. The van der Waals surface area contributed by atoms with Crippen LogP contribution in [0.4, 0.5) is 15.9 Å². The van der Waals surface area contributed by atoms with Gasteiger partial charge in [0.15, 0.2) is 11.6 Å². The molecular formula is C35H35FN4O7S. The summed E-state index contributed by atoms with van der Waals surface area (Å²) in [6.45, 7) is 3.16. The summed E-state index contributed by atoms with van der Waals surface area (Å²) in [6.07, 6.45) is 2.19. The molecule has 1 amide bonds. The molecule has 3 heterocycles. The van der Waals surface area contributed by atoms with Crippen LogP contribution in [0.2, 0.25) is 0 Å². The Kier molecular flexibility index (Phi) is 8.52. The lowest BCUT2D eigenvalue weighted by Gasteiger charge is -2.28. The van der Waals surface area contributed by atoms with E-state index in [2.05, 4.69) is 15.6 Å². The van der Waals surface area contributed by atoms with Crippen LogP contribution >= 0.6 is 0 Å². The first-order valence-electron chi connectivity index (χ1n) is 15.1. The van der Waals surface area contributed by atoms with Gasteiger partial charge < -0.3 is 29.6 Å². The van der Waals surface area contributed by atoms with Crippen molar-refractivity contribution in [3.8, 4) is 33.9 Å². The van der Waals surface area contributed by atoms with Gasteiger partial charge in [0.25, 0.3) is 5.91 Å². The van der Waals surface area contributed by atoms with E-state index in [9.17, 15) is 22.7 Å². The van der Waals surface area contributed by atoms with Gasteiger partial charge in [-0.05, 0) is 80.4 Å². The van der Waals surface area contributed by atoms with Crippen molar-refractivity contribution in [2.75, 3.05) is 36.6 Å². The number of sulfonamides is 1. The maximum absolute atomic E-state index is 13.8. The van der Waals surface area contributed by atoms with Crippen LogP contribution in [0.25, 0.3) is 33.4 Å². The van der Waals surface area contributed by atoms with Gasteiger partial charge in [0, 0.05) is 42.4 Å². The Balaban J connectivity index is 1.61. The van der Waals surface area contributed by atoms with E-state index in [1.54, 1.807) is 56.4 Å². The van der Waals surface area contributed by atoms with Crippen molar-refractivity contribution >= 4 is 38.4 Å². The number of aliphatic hydroxyl groups is 1. The van der Waals surface area contributed by atoms with E-state index in [1.807, 2.05) is 6.07 Å². The molecule has 0 spiro atoms. The van der Waals surface area contributed by atoms with Crippen molar-refractivity contribution in [2.24, 2.45) is 0 Å². The summed E-state index contributed by atoms with van der Waals surface area (Å²) in [6, 6.07) is 17.7. The number of furan rings is 1. The van der Waals surface area contributed by atoms with Crippen molar-refractivity contribution < 1.29 is 36.6 Å². The molecule has 48 heavy (non-hydrogen) atoms. The number of nitrogens with zero attached hydrogens (tertiary/aromatic N) is 2. The number of aromatic nitrogens is 1. The Bertz CT molecular complexity index is 2100. The average molecular weight is 675 g/mol. The van der Waals surface area contributed by atoms with Gasteiger partial charge in [-0.1, -0.05) is 6.07 Å². The van der Waals surface area contributed by atoms with Crippen molar-refractivity contribution in [2.45, 2.75) is 32.1 Å². The molecule has 5 aromatic rings. The predicted octanol–water partition coefficient (Wildman–Crippen LogP) is 6.10. The van der Waals surface area contributed by atoms with E-state index < -0.39 is 33.6 Å². The third-order valence-corrected chi connectivity index (χ3v) is 9.25. The minimum absolute atomic E-state index is 0.0496. The van der Waals surface area contributed by atoms with Crippen LogP contribution in [-0.4, -0.2) is 57.0 Å². The standard InChI is InChI=1S/C35H35FN4O7S/c1-35(2,42)14-16-40(48(5,43)44)26-19-29-24(30(33(41)37-3)31(46-29)20-8-11-22(36)12-9-20)18-23(26)21-10-13-27(45-4)25(17-21)34-39-32-28(47-34)7-6-15-38-32/h6-13,15,17-19,34,42H,14,16H2,1-5H3,(H,37,41)(H,38,39). The molecule has 0 saturated heterocycles. The van der Waals surface area contributed by atoms with Crippen LogP contribution in [-0.2, 0) is 10.0 Å². The summed E-state index contributed by atoms with van der Waals surface area (Å²) >= 11 is 0. The second-order valence-electron chi connectivity index (χ2n) is 12.1. The van der Waals surface area contributed by atoms with Crippen molar-refractivity contribution in [1.29, 1.82) is 0 Å². The number of fused-ring (bicyclic) bond motifs is 2. The number of carbonyl (C=O) groups is 1. The van der Waals surface area contributed by atoms with E-state index in [0.717, 1.165) is 6.26 Å². The van der Waals surface area contributed by atoms with E-state index in [4.69, 9.17) is 13.9 Å². The molecule has 0 saturated carbocycles. The van der Waals surface area contributed by atoms with Crippen molar-refractivity contribution in [3.63, 3.8) is 0 Å². The highest BCUT2D eigenvalue weighted by Crippen LogP contribution is 2.45. The summed E-state index contributed by atoms with van der Waals surface area (Å²) in [5, 5.41) is 16.9. The van der Waals surface area contributed by atoms with Gasteiger partial charge in [-0.2, -0.15) is 0 Å². The first-order chi connectivity index (χ1) is 22.8. The summed E-state index contributed by atoms with van der Waals surface area (Å²) in [7, 11) is -0.878. The average Bonchev–Trinajstić information content (AvgIpc) is 3.64. The lowest BCUT2D eigenvalue weighted by atomic mass is 9.96. The Morgan fingerprint density at radius 2 is 1.85 bits per heavy atom. The highest BCUT2D eigenvalue weighted by atomic mass is 32.2. The number of carbonyl (C=O) groups excluding carboxylic acids is 1. The maximum atomic E-state index is 13.8. The number of nitrogens with one attached hydrogen (secondary N) is 2. The minimum atomic E-state index is -3.91. The summed E-state index contributed by atoms with van der Waals surface area (Å²) in [4.78, 5) is 17.7. The van der Waals surface area contributed by atoms with Crippen LogP contribution in [0, 0.1) is 5.82 Å². The van der Waals surface area contributed by atoms with Crippen molar-refractivity contribution in [3.05, 3.63) is 89.9 Å². The zero-order valence-electron chi connectivity index (χ0n) is 27.0. The number of amides is 1. The molecule has 6 rings (SSSR count). The van der Waals surface area contributed by atoms with E-state index in [1.165, 1.54) is 42.7 Å². The van der Waals surface area contributed by atoms with Gasteiger partial charge in [0.05, 0.1) is 35.8 Å². The Morgan fingerprint density at radius 1 is 1.12 bits per heavy atom. The number of hydrogen-bond donors (Lipinski definition) is 3. The molecule has 1 unspecified atom stereocenters. The molecule has 0 radical (unpaired) electrons. The van der Waals surface area contributed by atoms with E-state index >= 15 is 0 Å². The maximum Gasteiger partial charge on any atom is 0.255 e. The molecule has 0 aliphatic carbocycles. The molecule has 3 aromatic carbocycles. The lowest BCUT2D eigenvalue weighted by Crippen LogP contribution is -2.35. The second-order valence-corrected chi connectivity index (χ2v) is 14.0. The number of rotatable bonds is 10. The zero-order valence-corrected chi connectivity index (χ0v) is 27.8. The Hall–Kier alpha value is -5.14. The highest BCUT2D eigenvalue weighted by Gasteiger charge is 2.31. The predicted molar refractivity (Wildman–Crippen MR) is 181 cm³/mol. The highest BCUT2D eigenvalue weighted by molar-refractivity contribution is 7.92. The first kappa shape index (κ1) is 32.8. The third-order valence-electron chi connectivity index (χ3n) is 8.07. The molecule has 1 atom stereocenters. The molecule has 0 bridgehead atoms. The number of halogens is 1. The smallest absolute Gasteiger partial charge is 0.255 e. The fourth-order valence-corrected chi connectivity index (χ4v) is 6.62. The molecule has 1 aliphatic heterocycles. The number of pyridine rings is 1. The van der Waals surface area contributed by atoms with Gasteiger partial charge >= 0.3 is 0 Å². The first-order valence-corrected chi connectivity index (χ1v) is 17.0. The SMILES string of the molecule is CNC(=O)c1c(-c2ccc(F)cc2)oc2cc(N(CCC(C)(C)O)S(C)(=O)=O)c(-c3ccc(OC)c(C4Nc5ncccc5O4)c3)cc12. The Labute approximate surface area is 277 Å². The van der Waals surface area contributed by atoms with E-state index in [0.29, 0.717) is 45.0 Å². The van der Waals surface area contributed by atoms with Gasteiger partial charge in [0.1, 0.15) is 22.9 Å². The minimum Gasteiger partial charge on any atom is -0.496 e. The number of hydrogen-bond acceptors (Lipinski definition) is 9. The summed E-state index contributed by atoms with van der Waals surface area (Å²) in [5.74, 6) is 0.938. The van der Waals surface area contributed by atoms with Gasteiger partial charge in [-0.3, -0.25) is 9.10 Å². The monoisotopic (exact) mass is 674 g/mol. The second kappa shape index (κ2) is 12.5. The van der Waals surface area contributed by atoms with Gasteiger partial charge in [0.2, 0.25) is 16.3 Å². The molecular weight excluding hydrogens is 639 g/mol. The fourth-order valence-electron chi connectivity index (χ4n) is 5.69. The number of methoxy groups -OCH3 is 1. The van der Waals surface area contributed by atoms with Gasteiger partial charge in [-0.25, -0.2) is 17.8 Å². The quantitative estimate of drug-likeness (QED) is 0.160. The van der Waals surface area contributed by atoms with Crippen LogP contribution in [0.1, 0.15) is 42.4 Å². The van der Waals surface area contributed by atoms with Gasteiger partial charge in [-0.15, -0.1) is 0 Å². The molecule has 2 aromatic heterocycles. The molecule has 3 N–H and O–H groups in total. The third kappa shape index (κ3) is 6.38. The molecule has 250 valence electrons. The van der Waals surface area contributed by atoms with E-state index in [-0.39, 0.29) is 35.6 Å². The topological polar surface area (TPSA) is 143 Å². The van der Waals surface area contributed by atoms with Crippen LogP contribution in [0.3, 0.4) is 0 Å². The summed E-state index contributed by atoms with van der Waals surface area (Å²) in [5.41, 5.74) is 1.65. The fraction of sp³-hybridized carbons (Fsp3) is 0.257. The van der Waals surface area contributed by atoms with Crippen molar-refractivity contribution in [1.82, 2.24) is 10.3 Å². The lowest BCUT2D eigenvalue weighted by molar-refractivity contribution is 0.0740. The zero-order chi connectivity index (χ0) is 34.4. The normalized spacial score (nSPS) is 14.3. The van der Waals surface area contributed by atoms with Crippen LogP contribution < -0.4 is 24.4 Å². The van der Waals surface area contributed by atoms with Crippen LogP contribution in [0.5, 0.6) is 11.5 Å². The number of benzene rings is 3. The number of anilines is 2. The molecule has 13 heteroatoms. The Morgan fingerprint density at radius 3 is 2.50 bits per heavy atom. The van der Waals surface area contributed by atoms with Crippen LogP contribution in [0.15, 0.2) is 77.3 Å². The molecule has 1 aliphatic rings. The molecule has 0 fully saturated rings. The number of ether oxygens (including phenoxy) is 2. The molecule has 11 nitrogen and oxygen atoms in total.